The first-order chi connectivity index (χ1) is 15.3. The number of benzene rings is 2. The zero-order valence-corrected chi connectivity index (χ0v) is 19.0. The minimum atomic E-state index is -1.44. The van der Waals surface area contributed by atoms with E-state index in [0.29, 0.717) is 26.9 Å². The lowest BCUT2D eigenvalue weighted by Crippen LogP contribution is -2.56. The van der Waals surface area contributed by atoms with Crippen molar-refractivity contribution in [2.75, 3.05) is 7.11 Å². The number of aliphatic hydroxyl groups is 2. The molecular weight excluding hydrogens is 451 g/mol. The fraction of sp³-hybridized carbons (Fsp3) is 0.250. The molecule has 1 amide bonds. The number of pyridine rings is 1. The van der Waals surface area contributed by atoms with Gasteiger partial charge >= 0.3 is 0 Å². The Bertz CT molecular complexity index is 1140. The number of amides is 1. The molecule has 1 aliphatic rings. The van der Waals surface area contributed by atoms with E-state index in [-0.39, 0.29) is 6.42 Å². The molecule has 2 N–H and O–H groups in total. The number of hydrogen-bond acceptors (Lipinski definition) is 5. The van der Waals surface area contributed by atoms with Gasteiger partial charge in [0, 0.05) is 34.5 Å². The molecule has 1 aromatic heterocycles. The fourth-order valence-corrected chi connectivity index (χ4v) is 4.66. The molecular formula is C24H22Cl2N2O4. The van der Waals surface area contributed by atoms with E-state index in [1.54, 1.807) is 36.4 Å². The predicted octanol–water partition coefficient (Wildman–Crippen LogP) is 4.25. The average Bonchev–Trinajstić information content (AvgIpc) is 3.03. The molecule has 1 unspecified atom stereocenters. The van der Waals surface area contributed by atoms with Crippen LogP contribution in [0.4, 0.5) is 0 Å². The summed E-state index contributed by atoms with van der Waals surface area (Å²) in [7, 11) is 1.37. The van der Waals surface area contributed by atoms with E-state index < -0.39 is 23.7 Å². The first kappa shape index (κ1) is 22.7. The van der Waals surface area contributed by atoms with Gasteiger partial charge in [0.2, 0.25) is 0 Å². The van der Waals surface area contributed by atoms with Gasteiger partial charge in [-0.05, 0) is 48.4 Å². The number of fused-ring (bicyclic) bond motifs is 1. The molecule has 2 heterocycles. The van der Waals surface area contributed by atoms with E-state index in [1.165, 1.54) is 20.2 Å². The zero-order valence-electron chi connectivity index (χ0n) is 17.5. The Labute approximate surface area is 195 Å². The van der Waals surface area contributed by atoms with Crippen LogP contribution in [0.3, 0.4) is 0 Å². The highest BCUT2D eigenvalue weighted by atomic mass is 35.5. The molecule has 32 heavy (non-hydrogen) atoms. The van der Waals surface area contributed by atoms with Gasteiger partial charge in [0.25, 0.3) is 5.91 Å². The standard InChI is InChI=1S/C24H22Cl2N2O4/c1-14(29)22(30)24(12-18-11-10-17(26)13-27-18)21-19(15-6-8-16(25)9-7-15)4-3-5-20(21)23(31)28(24)32-2/h3-11,13-14,22,29-30H,12H2,1-2H3/t14?,22-,24+/m0/s1. The Morgan fingerprint density at radius 2 is 1.69 bits per heavy atom. The maximum Gasteiger partial charge on any atom is 0.278 e. The Hall–Kier alpha value is -2.48. The van der Waals surface area contributed by atoms with Crippen molar-refractivity contribution in [2.45, 2.75) is 31.1 Å². The van der Waals surface area contributed by atoms with Crippen molar-refractivity contribution in [1.29, 1.82) is 0 Å². The van der Waals surface area contributed by atoms with E-state index in [0.717, 1.165) is 16.2 Å². The fourth-order valence-electron chi connectivity index (χ4n) is 4.42. The number of carbonyl (C=O) groups excluding carboxylic acids is 1. The predicted molar refractivity (Wildman–Crippen MR) is 122 cm³/mol. The number of aliphatic hydroxyl groups excluding tert-OH is 2. The smallest absolute Gasteiger partial charge is 0.278 e. The largest absolute Gasteiger partial charge is 0.391 e. The summed E-state index contributed by atoms with van der Waals surface area (Å²) >= 11 is 12.1. The first-order valence-corrected chi connectivity index (χ1v) is 10.8. The molecule has 3 atom stereocenters. The lowest BCUT2D eigenvalue weighted by atomic mass is 9.75. The van der Waals surface area contributed by atoms with Crippen molar-refractivity contribution in [3.63, 3.8) is 0 Å². The summed E-state index contributed by atoms with van der Waals surface area (Å²) in [6.07, 6.45) is -0.956. The molecule has 0 radical (unpaired) electrons. The number of aromatic nitrogens is 1. The maximum atomic E-state index is 13.4. The lowest BCUT2D eigenvalue weighted by molar-refractivity contribution is -0.206. The monoisotopic (exact) mass is 472 g/mol. The molecule has 0 saturated heterocycles. The van der Waals surface area contributed by atoms with Crippen molar-refractivity contribution < 1.29 is 19.8 Å². The maximum absolute atomic E-state index is 13.4. The van der Waals surface area contributed by atoms with Crippen LogP contribution in [0.1, 0.15) is 28.5 Å². The van der Waals surface area contributed by atoms with Crippen LogP contribution in [0.2, 0.25) is 10.0 Å². The number of carbonyl (C=O) groups is 1. The lowest BCUT2D eigenvalue weighted by Gasteiger charge is -2.42. The van der Waals surface area contributed by atoms with Crippen LogP contribution in [-0.2, 0) is 16.8 Å². The number of rotatable bonds is 6. The molecule has 2 aromatic carbocycles. The van der Waals surface area contributed by atoms with Crippen LogP contribution in [0.5, 0.6) is 0 Å². The van der Waals surface area contributed by atoms with Crippen LogP contribution < -0.4 is 0 Å². The van der Waals surface area contributed by atoms with Gasteiger partial charge < -0.3 is 10.2 Å². The Morgan fingerprint density at radius 3 is 2.28 bits per heavy atom. The summed E-state index contributed by atoms with van der Waals surface area (Å²) in [6, 6.07) is 16.0. The van der Waals surface area contributed by atoms with Crippen molar-refractivity contribution in [1.82, 2.24) is 10.0 Å². The third-order valence-electron chi connectivity index (χ3n) is 5.80. The molecule has 0 spiro atoms. The summed E-state index contributed by atoms with van der Waals surface area (Å²) in [4.78, 5) is 23.3. The van der Waals surface area contributed by atoms with Crippen LogP contribution in [0.15, 0.2) is 60.8 Å². The molecule has 0 saturated carbocycles. The normalized spacial score (nSPS) is 19.7. The van der Waals surface area contributed by atoms with E-state index in [9.17, 15) is 15.0 Å². The second-order valence-corrected chi connectivity index (χ2v) is 8.64. The van der Waals surface area contributed by atoms with Crippen molar-refractivity contribution >= 4 is 29.1 Å². The average molecular weight is 473 g/mol. The minimum Gasteiger partial charge on any atom is -0.391 e. The van der Waals surface area contributed by atoms with Crippen molar-refractivity contribution in [3.8, 4) is 11.1 Å². The molecule has 4 rings (SSSR count). The minimum absolute atomic E-state index is 0.0907. The highest BCUT2D eigenvalue weighted by Crippen LogP contribution is 2.49. The van der Waals surface area contributed by atoms with Gasteiger partial charge in [0.15, 0.2) is 0 Å². The van der Waals surface area contributed by atoms with Gasteiger partial charge in [-0.1, -0.05) is 47.5 Å². The van der Waals surface area contributed by atoms with Gasteiger partial charge in [-0.25, -0.2) is 5.06 Å². The summed E-state index contributed by atoms with van der Waals surface area (Å²) in [5.41, 5.74) is 1.60. The molecule has 3 aromatic rings. The van der Waals surface area contributed by atoms with Gasteiger partial charge in [0.1, 0.15) is 11.6 Å². The van der Waals surface area contributed by atoms with E-state index in [1.807, 2.05) is 18.2 Å². The highest BCUT2D eigenvalue weighted by Gasteiger charge is 2.57. The molecule has 0 fully saturated rings. The summed E-state index contributed by atoms with van der Waals surface area (Å²) in [6.45, 7) is 1.48. The number of halogens is 2. The second-order valence-electron chi connectivity index (χ2n) is 7.77. The van der Waals surface area contributed by atoms with Gasteiger partial charge in [-0.3, -0.25) is 14.6 Å². The quantitative estimate of drug-likeness (QED) is 0.560. The van der Waals surface area contributed by atoms with E-state index in [2.05, 4.69) is 4.98 Å². The SMILES string of the molecule is CON1C(=O)c2cccc(-c3ccc(Cl)cc3)c2[C@]1(Cc1ccc(Cl)cn1)[C@@H](O)C(C)O. The molecule has 166 valence electrons. The third kappa shape index (κ3) is 3.68. The van der Waals surface area contributed by atoms with E-state index in [4.69, 9.17) is 28.0 Å². The Morgan fingerprint density at radius 1 is 1.03 bits per heavy atom. The van der Waals surface area contributed by atoms with Gasteiger partial charge in [-0.2, -0.15) is 0 Å². The van der Waals surface area contributed by atoms with Gasteiger partial charge in [-0.15, -0.1) is 0 Å². The molecule has 1 aliphatic heterocycles. The number of nitrogens with zero attached hydrogens (tertiary/aromatic N) is 2. The molecule has 0 bridgehead atoms. The van der Waals surface area contributed by atoms with Crippen LogP contribution in [0, 0.1) is 0 Å². The zero-order chi connectivity index (χ0) is 23.0. The van der Waals surface area contributed by atoms with Crippen molar-refractivity contribution in [3.05, 3.63) is 87.7 Å². The Kier molecular flexibility index (Phi) is 6.25. The van der Waals surface area contributed by atoms with Crippen LogP contribution >= 0.6 is 23.2 Å². The number of hydroxylamine groups is 2. The summed E-state index contributed by atoms with van der Waals surface area (Å²) < 4.78 is 0. The first-order valence-electron chi connectivity index (χ1n) is 10.0. The summed E-state index contributed by atoms with van der Waals surface area (Å²) in [5, 5.41) is 24.1. The highest BCUT2D eigenvalue weighted by molar-refractivity contribution is 6.30. The molecule has 0 aliphatic carbocycles. The Balaban J connectivity index is 2.02. The van der Waals surface area contributed by atoms with Crippen molar-refractivity contribution in [2.24, 2.45) is 0 Å². The molecule has 8 heteroatoms. The second kappa shape index (κ2) is 8.81. The van der Waals surface area contributed by atoms with E-state index >= 15 is 0 Å². The molecule has 6 nitrogen and oxygen atoms in total. The van der Waals surface area contributed by atoms with Crippen LogP contribution in [-0.4, -0.2) is 45.5 Å². The van der Waals surface area contributed by atoms with Crippen LogP contribution in [0.25, 0.3) is 11.1 Å². The third-order valence-corrected chi connectivity index (χ3v) is 6.27. The van der Waals surface area contributed by atoms with Gasteiger partial charge in [0.05, 0.1) is 18.2 Å². The number of hydrogen-bond donors (Lipinski definition) is 2. The summed E-state index contributed by atoms with van der Waals surface area (Å²) in [5.74, 6) is -0.410. The topological polar surface area (TPSA) is 82.9 Å².